The van der Waals surface area contributed by atoms with Crippen LogP contribution < -0.4 is 10.9 Å². The zero-order chi connectivity index (χ0) is 14.7. The number of phenols is 1. The van der Waals surface area contributed by atoms with Crippen LogP contribution in [-0.2, 0) is 0 Å². The van der Waals surface area contributed by atoms with Crippen LogP contribution in [0.15, 0.2) is 35.1 Å². The number of aromatic amines is 1. The summed E-state index contributed by atoms with van der Waals surface area (Å²) in [5.74, 6) is -2.35. The minimum absolute atomic E-state index is 0.0328. The van der Waals surface area contributed by atoms with Gasteiger partial charge in [0.25, 0.3) is 11.5 Å². The number of carboxylic acid groups (broad SMARTS) is 1. The molecule has 0 saturated heterocycles. The largest absolute Gasteiger partial charge is 0.507 e. The Morgan fingerprint density at radius 1 is 1.20 bits per heavy atom. The zero-order valence-electron chi connectivity index (χ0n) is 9.95. The van der Waals surface area contributed by atoms with Crippen molar-refractivity contribution in [3.63, 3.8) is 0 Å². The standard InChI is InChI=1S/C12H9N3O5/c16-9-3-1-6(5-7(9)12(19)20)13-11(18)8-2-4-10(17)15-14-8/h1-5,16H,(H,13,18)(H,15,17)(H,19,20). The molecule has 0 aliphatic rings. The Morgan fingerprint density at radius 3 is 2.55 bits per heavy atom. The van der Waals surface area contributed by atoms with E-state index >= 15 is 0 Å². The molecule has 1 aromatic heterocycles. The van der Waals surface area contributed by atoms with Gasteiger partial charge in [-0.2, -0.15) is 5.10 Å². The van der Waals surface area contributed by atoms with Crippen LogP contribution >= 0.6 is 0 Å². The summed E-state index contributed by atoms with van der Waals surface area (Å²) in [6.45, 7) is 0. The van der Waals surface area contributed by atoms with E-state index in [1.807, 2.05) is 0 Å². The molecule has 0 aliphatic heterocycles. The summed E-state index contributed by atoms with van der Waals surface area (Å²) in [4.78, 5) is 33.4. The fraction of sp³-hybridized carbons (Fsp3) is 0. The van der Waals surface area contributed by atoms with Gasteiger partial charge in [-0.3, -0.25) is 9.59 Å². The van der Waals surface area contributed by atoms with Crippen molar-refractivity contribution < 1.29 is 19.8 Å². The number of rotatable bonds is 3. The number of aromatic carboxylic acids is 1. The number of anilines is 1. The third-order valence-corrected chi connectivity index (χ3v) is 2.40. The predicted octanol–water partition coefficient (Wildman–Crippen LogP) is 0.426. The van der Waals surface area contributed by atoms with Crippen LogP contribution in [0.3, 0.4) is 0 Å². The number of nitrogens with zero attached hydrogens (tertiary/aromatic N) is 1. The summed E-state index contributed by atoms with van der Waals surface area (Å²) in [5, 5.41) is 26.2. The summed E-state index contributed by atoms with van der Waals surface area (Å²) in [6, 6.07) is 5.97. The first-order valence-electron chi connectivity index (χ1n) is 5.41. The van der Waals surface area contributed by atoms with Gasteiger partial charge in [0.1, 0.15) is 17.0 Å². The Kier molecular flexibility index (Phi) is 3.47. The van der Waals surface area contributed by atoms with Crippen molar-refractivity contribution in [3.8, 4) is 5.75 Å². The first-order valence-corrected chi connectivity index (χ1v) is 5.41. The molecule has 102 valence electrons. The molecule has 0 radical (unpaired) electrons. The minimum Gasteiger partial charge on any atom is -0.507 e. The van der Waals surface area contributed by atoms with Crippen LogP contribution in [0, 0.1) is 0 Å². The maximum absolute atomic E-state index is 11.8. The quantitative estimate of drug-likeness (QED) is 0.600. The lowest BCUT2D eigenvalue weighted by molar-refractivity contribution is 0.0693. The summed E-state index contributed by atoms with van der Waals surface area (Å²) in [5.41, 5.74) is -0.635. The van der Waals surface area contributed by atoms with Gasteiger partial charge in [-0.25, -0.2) is 9.89 Å². The lowest BCUT2D eigenvalue weighted by Crippen LogP contribution is -2.17. The number of carbonyl (C=O) groups excluding carboxylic acids is 1. The first kappa shape index (κ1) is 13.3. The van der Waals surface area contributed by atoms with Gasteiger partial charge in [-0.1, -0.05) is 0 Å². The average Bonchev–Trinajstić information content (AvgIpc) is 2.41. The number of carboxylic acids is 1. The molecule has 4 N–H and O–H groups in total. The molecule has 1 amide bonds. The van der Waals surface area contributed by atoms with E-state index in [0.717, 1.165) is 18.2 Å². The number of carbonyl (C=O) groups is 2. The number of amides is 1. The zero-order valence-corrected chi connectivity index (χ0v) is 9.95. The highest BCUT2D eigenvalue weighted by molar-refractivity contribution is 6.03. The van der Waals surface area contributed by atoms with E-state index in [9.17, 15) is 19.5 Å². The van der Waals surface area contributed by atoms with Gasteiger partial charge < -0.3 is 15.5 Å². The third-order valence-electron chi connectivity index (χ3n) is 2.40. The molecule has 8 nitrogen and oxygen atoms in total. The molecule has 1 heterocycles. The normalized spacial score (nSPS) is 10.0. The molecule has 0 spiro atoms. The van der Waals surface area contributed by atoms with Gasteiger partial charge in [-0.15, -0.1) is 0 Å². The van der Waals surface area contributed by atoms with Gasteiger partial charge in [0.2, 0.25) is 0 Å². The highest BCUT2D eigenvalue weighted by Gasteiger charge is 2.13. The van der Waals surface area contributed by atoms with Crippen molar-refractivity contribution in [3.05, 3.63) is 51.9 Å². The molecule has 1 aromatic carbocycles. The molecule has 20 heavy (non-hydrogen) atoms. The van der Waals surface area contributed by atoms with Crippen molar-refractivity contribution in [1.82, 2.24) is 10.2 Å². The van der Waals surface area contributed by atoms with Crippen LogP contribution in [0.5, 0.6) is 5.75 Å². The molecule has 2 rings (SSSR count). The summed E-state index contributed by atoms with van der Waals surface area (Å²) in [7, 11) is 0. The second kappa shape index (κ2) is 5.22. The molecule has 0 unspecified atom stereocenters. The topological polar surface area (TPSA) is 132 Å². The average molecular weight is 275 g/mol. The van der Waals surface area contributed by atoms with Crippen LogP contribution in [-0.4, -0.2) is 32.3 Å². The fourth-order valence-electron chi connectivity index (χ4n) is 1.45. The van der Waals surface area contributed by atoms with Gasteiger partial charge >= 0.3 is 5.97 Å². The second-order valence-electron chi connectivity index (χ2n) is 3.80. The Labute approximate surface area is 111 Å². The van der Waals surface area contributed by atoms with E-state index in [2.05, 4.69) is 15.5 Å². The molecule has 8 heteroatoms. The minimum atomic E-state index is -1.32. The fourth-order valence-corrected chi connectivity index (χ4v) is 1.45. The molecular weight excluding hydrogens is 266 g/mol. The Balaban J connectivity index is 2.24. The van der Waals surface area contributed by atoms with Gasteiger partial charge in [0.15, 0.2) is 0 Å². The molecule has 0 saturated carbocycles. The van der Waals surface area contributed by atoms with Crippen molar-refractivity contribution in [1.29, 1.82) is 0 Å². The Bertz CT molecular complexity index is 718. The number of nitrogens with one attached hydrogen (secondary N) is 2. The van der Waals surface area contributed by atoms with Crippen LogP contribution in [0.4, 0.5) is 5.69 Å². The van der Waals surface area contributed by atoms with Crippen LogP contribution in [0.1, 0.15) is 20.8 Å². The maximum atomic E-state index is 11.8. The first-order chi connectivity index (χ1) is 9.47. The van der Waals surface area contributed by atoms with E-state index in [-0.39, 0.29) is 16.9 Å². The number of hydrogen-bond donors (Lipinski definition) is 4. The predicted molar refractivity (Wildman–Crippen MR) is 67.9 cm³/mol. The lowest BCUT2D eigenvalue weighted by atomic mass is 10.1. The third kappa shape index (κ3) is 2.80. The lowest BCUT2D eigenvalue weighted by Gasteiger charge is -2.06. The molecule has 0 atom stereocenters. The molecular formula is C12H9N3O5. The van der Waals surface area contributed by atoms with E-state index in [4.69, 9.17) is 5.11 Å². The van der Waals surface area contributed by atoms with Gasteiger partial charge in [-0.05, 0) is 24.3 Å². The van der Waals surface area contributed by atoms with Crippen molar-refractivity contribution in [2.75, 3.05) is 5.32 Å². The molecule has 0 aliphatic carbocycles. The van der Waals surface area contributed by atoms with Crippen molar-refractivity contribution in [2.24, 2.45) is 0 Å². The second-order valence-corrected chi connectivity index (χ2v) is 3.80. The van der Waals surface area contributed by atoms with E-state index in [1.165, 1.54) is 12.1 Å². The number of benzene rings is 1. The number of H-pyrrole nitrogens is 1. The van der Waals surface area contributed by atoms with Crippen LogP contribution in [0.2, 0.25) is 0 Å². The van der Waals surface area contributed by atoms with Gasteiger partial charge in [0.05, 0.1) is 0 Å². The number of aromatic nitrogens is 2. The van der Waals surface area contributed by atoms with Crippen molar-refractivity contribution >= 4 is 17.6 Å². The molecule has 0 bridgehead atoms. The maximum Gasteiger partial charge on any atom is 0.339 e. The summed E-state index contributed by atoms with van der Waals surface area (Å²) in [6.07, 6.45) is 0. The molecule has 0 fully saturated rings. The smallest absolute Gasteiger partial charge is 0.339 e. The van der Waals surface area contributed by atoms with Crippen molar-refractivity contribution in [2.45, 2.75) is 0 Å². The number of aromatic hydroxyl groups is 1. The van der Waals surface area contributed by atoms with E-state index in [1.54, 1.807) is 0 Å². The Hall–Kier alpha value is -3.16. The highest BCUT2D eigenvalue weighted by atomic mass is 16.4. The molecule has 2 aromatic rings. The SMILES string of the molecule is O=C(Nc1ccc(O)c(C(=O)O)c1)c1ccc(=O)[nH]n1. The van der Waals surface area contributed by atoms with Crippen LogP contribution in [0.25, 0.3) is 0 Å². The highest BCUT2D eigenvalue weighted by Crippen LogP contribution is 2.21. The summed E-state index contributed by atoms with van der Waals surface area (Å²) >= 11 is 0. The Morgan fingerprint density at radius 2 is 1.95 bits per heavy atom. The van der Waals surface area contributed by atoms with E-state index in [0.29, 0.717) is 0 Å². The summed E-state index contributed by atoms with van der Waals surface area (Å²) < 4.78 is 0. The van der Waals surface area contributed by atoms with Gasteiger partial charge in [0, 0.05) is 11.8 Å². The van der Waals surface area contributed by atoms with E-state index < -0.39 is 23.2 Å². The monoisotopic (exact) mass is 275 g/mol. The number of hydrogen-bond acceptors (Lipinski definition) is 5.